The van der Waals surface area contributed by atoms with Gasteiger partial charge in [0.05, 0.1) is 6.04 Å². The lowest BCUT2D eigenvalue weighted by Crippen LogP contribution is -2.33. The highest BCUT2D eigenvalue weighted by Gasteiger charge is 2.25. The quantitative estimate of drug-likeness (QED) is 0.911. The van der Waals surface area contributed by atoms with E-state index in [1.165, 1.54) is 18.4 Å². The maximum atomic E-state index is 11.6. The molecule has 2 heterocycles. The number of nitrogens with one attached hydrogen (secondary N) is 2. The van der Waals surface area contributed by atoms with Crippen molar-refractivity contribution < 1.29 is 4.79 Å². The van der Waals surface area contributed by atoms with Gasteiger partial charge in [0.1, 0.15) is 5.82 Å². The predicted octanol–water partition coefficient (Wildman–Crippen LogP) is 2.50. The number of carbonyl (C=O) groups is 1. The molecule has 3 rings (SSSR count). The van der Waals surface area contributed by atoms with Crippen LogP contribution < -0.4 is 5.32 Å². The third-order valence-electron chi connectivity index (χ3n) is 4.28. The van der Waals surface area contributed by atoms with Gasteiger partial charge in [0.15, 0.2) is 0 Å². The zero-order valence-electron chi connectivity index (χ0n) is 12.9. The van der Waals surface area contributed by atoms with Gasteiger partial charge in [0.25, 0.3) is 5.91 Å². The van der Waals surface area contributed by atoms with E-state index >= 15 is 0 Å². The largest absolute Gasteiger partial charge is 0.355 e. The summed E-state index contributed by atoms with van der Waals surface area (Å²) in [5, 5.41) is 2.65. The second-order valence-corrected chi connectivity index (χ2v) is 5.73. The minimum absolute atomic E-state index is 0.0435. The van der Waals surface area contributed by atoms with Crippen LogP contribution in [0.5, 0.6) is 0 Å². The summed E-state index contributed by atoms with van der Waals surface area (Å²) >= 11 is 0. The number of aromatic nitrogens is 2. The smallest absolute Gasteiger partial charge is 0.251 e. The molecule has 1 amide bonds. The highest BCUT2D eigenvalue weighted by Crippen LogP contribution is 2.30. The topological polar surface area (TPSA) is 61.0 Å². The summed E-state index contributed by atoms with van der Waals surface area (Å²) in [6.45, 7) is 1.97. The van der Waals surface area contributed by atoms with Crippen molar-refractivity contribution in [2.75, 3.05) is 13.6 Å². The lowest BCUT2D eigenvalue weighted by molar-refractivity contribution is 0.0963. The number of likely N-dealkylation sites (tertiary alicyclic amines) is 1. The van der Waals surface area contributed by atoms with Crippen LogP contribution in [0, 0.1) is 0 Å². The molecule has 1 saturated heterocycles. The van der Waals surface area contributed by atoms with Crippen LogP contribution in [0.4, 0.5) is 0 Å². The molecule has 1 aliphatic heterocycles. The van der Waals surface area contributed by atoms with Gasteiger partial charge >= 0.3 is 0 Å². The zero-order valence-corrected chi connectivity index (χ0v) is 12.9. The molecule has 22 heavy (non-hydrogen) atoms. The van der Waals surface area contributed by atoms with Crippen molar-refractivity contribution >= 4 is 5.91 Å². The van der Waals surface area contributed by atoms with Crippen LogP contribution >= 0.6 is 0 Å². The average molecular weight is 298 g/mol. The molecule has 5 nitrogen and oxygen atoms in total. The van der Waals surface area contributed by atoms with E-state index < -0.39 is 0 Å². The summed E-state index contributed by atoms with van der Waals surface area (Å²) in [7, 11) is 1.65. The molecule has 1 atom stereocenters. The summed E-state index contributed by atoms with van der Waals surface area (Å²) in [4.78, 5) is 21.7. The summed E-state index contributed by atoms with van der Waals surface area (Å²) in [6, 6.07) is 8.22. The zero-order chi connectivity index (χ0) is 15.4. The van der Waals surface area contributed by atoms with Crippen molar-refractivity contribution in [1.29, 1.82) is 0 Å². The molecule has 1 aliphatic rings. The van der Waals surface area contributed by atoms with E-state index in [4.69, 9.17) is 0 Å². The van der Waals surface area contributed by atoms with Gasteiger partial charge in [-0.15, -0.1) is 0 Å². The van der Waals surface area contributed by atoms with E-state index in [1.807, 2.05) is 36.7 Å². The molecule has 1 unspecified atom stereocenters. The second kappa shape index (κ2) is 6.75. The number of carbonyl (C=O) groups excluding carboxylic acids is 1. The van der Waals surface area contributed by atoms with Gasteiger partial charge in [-0.05, 0) is 37.1 Å². The molecule has 0 bridgehead atoms. The Labute approximate surface area is 130 Å². The third-order valence-corrected chi connectivity index (χ3v) is 4.28. The number of hydrogen-bond donors (Lipinski definition) is 2. The molecular weight excluding hydrogens is 276 g/mol. The maximum absolute atomic E-state index is 11.6. The number of imidazole rings is 1. The minimum Gasteiger partial charge on any atom is -0.355 e. The van der Waals surface area contributed by atoms with E-state index in [1.54, 1.807) is 7.05 Å². The van der Waals surface area contributed by atoms with E-state index in [-0.39, 0.29) is 5.91 Å². The van der Waals surface area contributed by atoms with Gasteiger partial charge in [0.2, 0.25) is 0 Å². The number of aromatic amines is 1. The molecular formula is C17H22N4O. The summed E-state index contributed by atoms with van der Waals surface area (Å²) in [6.07, 6.45) is 7.33. The molecule has 1 aromatic heterocycles. The Kier molecular flexibility index (Phi) is 4.53. The Morgan fingerprint density at radius 1 is 1.36 bits per heavy atom. The lowest BCUT2D eigenvalue weighted by atomic mass is 10.0. The molecule has 0 aliphatic carbocycles. The number of H-pyrrole nitrogens is 1. The summed E-state index contributed by atoms with van der Waals surface area (Å²) in [5.74, 6) is 1.01. The normalized spacial score (nSPS) is 19.0. The molecule has 0 saturated carbocycles. The highest BCUT2D eigenvalue weighted by molar-refractivity contribution is 5.93. The summed E-state index contributed by atoms with van der Waals surface area (Å²) in [5.41, 5.74) is 1.93. The fourth-order valence-electron chi connectivity index (χ4n) is 3.09. The van der Waals surface area contributed by atoms with Crippen molar-refractivity contribution in [2.24, 2.45) is 0 Å². The predicted molar refractivity (Wildman–Crippen MR) is 85.4 cm³/mol. The molecule has 1 aromatic carbocycles. The first-order chi connectivity index (χ1) is 10.8. The van der Waals surface area contributed by atoms with Gasteiger partial charge in [0, 0.05) is 31.5 Å². The van der Waals surface area contributed by atoms with Crippen molar-refractivity contribution in [3.8, 4) is 0 Å². The number of rotatable bonds is 4. The maximum Gasteiger partial charge on any atom is 0.251 e. The molecule has 2 aromatic rings. The number of piperidine rings is 1. The van der Waals surface area contributed by atoms with Gasteiger partial charge < -0.3 is 10.3 Å². The fourth-order valence-corrected chi connectivity index (χ4v) is 3.09. The number of amides is 1. The molecule has 2 N–H and O–H groups in total. The van der Waals surface area contributed by atoms with Gasteiger partial charge in [-0.3, -0.25) is 9.69 Å². The number of benzene rings is 1. The standard InChI is InChI=1S/C17H22N4O/c1-18-17(22)14-7-5-13(6-8-14)12-21-11-3-2-4-15(21)16-19-9-10-20-16/h5-10,15H,2-4,11-12H2,1H3,(H,18,22)(H,19,20). The van der Waals surface area contributed by atoms with E-state index in [0.29, 0.717) is 11.6 Å². The van der Waals surface area contributed by atoms with E-state index in [0.717, 1.165) is 25.3 Å². The van der Waals surface area contributed by atoms with Gasteiger partial charge in [-0.2, -0.15) is 0 Å². The van der Waals surface area contributed by atoms with Crippen LogP contribution in [0.1, 0.15) is 47.1 Å². The lowest BCUT2D eigenvalue weighted by Gasteiger charge is -2.34. The first kappa shape index (κ1) is 14.8. The first-order valence-corrected chi connectivity index (χ1v) is 7.82. The monoisotopic (exact) mass is 298 g/mol. The summed E-state index contributed by atoms with van der Waals surface area (Å²) < 4.78 is 0. The second-order valence-electron chi connectivity index (χ2n) is 5.73. The van der Waals surface area contributed by atoms with E-state index in [2.05, 4.69) is 20.2 Å². The van der Waals surface area contributed by atoms with Crippen LogP contribution in [0.2, 0.25) is 0 Å². The molecule has 1 fully saturated rings. The van der Waals surface area contributed by atoms with Gasteiger partial charge in [-0.25, -0.2) is 4.98 Å². The van der Waals surface area contributed by atoms with Crippen molar-refractivity contribution in [3.63, 3.8) is 0 Å². The van der Waals surface area contributed by atoms with E-state index in [9.17, 15) is 4.79 Å². The Hall–Kier alpha value is -2.14. The van der Waals surface area contributed by atoms with Crippen molar-refractivity contribution in [1.82, 2.24) is 20.2 Å². The molecule has 116 valence electrons. The molecule has 0 radical (unpaired) electrons. The van der Waals surface area contributed by atoms with Crippen LogP contribution in [0.3, 0.4) is 0 Å². The van der Waals surface area contributed by atoms with Crippen LogP contribution in [0.15, 0.2) is 36.7 Å². The Morgan fingerprint density at radius 3 is 2.86 bits per heavy atom. The SMILES string of the molecule is CNC(=O)c1ccc(CN2CCCCC2c2ncc[nH]2)cc1. The fraction of sp³-hybridized carbons (Fsp3) is 0.412. The number of hydrogen-bond acceptors (Lipinski definition) is 3. The first-order valence-electron chi connectivity index (χ1n) is 7.82. The van der Waals surface area contributed by atoms with Crippen molar-refractivity contribution in [2.45, 2.75) is 31.8 Å². The van der Waals surface area contributed by atoms with Crippen LogP contribution in [0.25, 0.3) is 0 Å². The highest BCUT2D eigenvalue weighted by atomic mass is 16.1. The van der Waals surface area contributed by atoms with Gasteiger partial charge in [-0.1, -0.05) is 18.6 Å². The molecule has 0 spiro atoms. The minimum atomic E-state index is -0.0435. The third kappa shape index (κ3) is 3.20. The number of nitrogens with zero attached hydrogens (tertiary/aromatic N) is 2. The molecule has 5 heteroatoms. The average Bonchev–Trinajstić information content (AvgIpc) is 3.10. The van der Waals surface area contributed by atoms with Crippen molar-refractivity contribution in [3.05, 3.63) is 53.6 Å². The van der Waals surface area contributed by atoms with Crippen LogP contribution in [-0.2, 0) is 6.54 Å². The Balaban J connectivity index is 1.71. The van der Waals surface area contributed by atoms with Crippen LogP contribution in [-0.4, -0.2) is 34.4 Å². The Bertz CT molecular complexity index is 606. The Morgan fingerprint density at radius 2 is 2.18 bits per heavy atom.